The van der Waals surface area contributed by atoms with Crippen molar-refractivity contribution in [1.29, 1.82) is 0 Å². The van der Waals surface area contributed by atoms with Gasteiger partial charge in [-0.25, -0.2) is 0 Å². The van der Waals surface area contributed by atoms with E-state index in [-0.39, 0.29) is 5.54 Å². The summed E-state index contributed by atoms with van der Waals surface area (Å²) in [6.07, 6.45) is 3.85. The summed E-state index contributed by atoms with van der Waals surface area (Å²) in [5, 5.41) is 0. The van der Waals surface area contributed by atoms with Crippen molar-refractivity contribution in [3.63, 3.8) is 0 Å². The van der Waals surface area contributed by atoms with Crippen LogP contribution in [0.5, 0.6) is 0 Å². The topological polar surface area (TPSA) is 3.24 Å². The van der Waals surface area contributed by atoms with E-state index >= 15 is 0 Å². The number of piperidine rings is 1. The minimum absolute atomic E-state index is 0.246. The van der Waals surface area contributed by atoms with E-state index in [0.29, 0.717) is 6.04 Å². The third-order valence-electron chi connectivity index (χ3n) is 5.81. The lowest BCUT2D eigenvalue weighted by Crippen LogP contribution is -2.54. The van der Waals surface area contributed by atoms with Crippen LogP contribution in [0.1, 0.15) is 42.9 Å². The van der Waals surface area contributed by atoms with Gasteiger partial charge >= 0.3 is 0 Å². The lowest BCUT2D eigenvalue weighted by Gasteiger charge is -2.50. The van der Waals surface area contributed by atoms with Crippen molar-refractivity contribution < 1.29 is 0 Å². The molecule has 3 aromatic rings. The van der Waals surface area contributed by atoms with Gasteiger partial charge in [0.15, 0.2) is 0 Å². The Morgan fingerprint density at radius 2 is 1.08 bits per heavy atom. The number of hydrogen-bond donors (Lipinski definition) is 0. The molecule has 0 spiro atoms. The minimum atomic E-state index is -0.246. The highest BCUT2D eigenvalue weighted by Crippen LogP contribution is 2.45. The van der Waals surface area contributed by atoms with E-state index < -0.39 is 0 Å². The molecule has 0 N–H and O–H groups in total. The predicted octanol–water partition coefficient (Wildman–Crippen LogP) is 5.85. The Kier molecular flexibility index (Phi) is 4.90. The maximum absolute atomic E-state index is 2.73. The Balaban J connectivity index is 2.03. The summed E-state index contributed by atoms with van der Waals surface area (Å²) in [7, 11) is 0. The zero-order valence-corrected chi connectivity index (χ0v) is 15.5. The normalized spacial score (nSPS) is 18.6. The molecule has 4 rings (SSSR count). The van der Waals surface area contributed by atoms with Crippen LogP contribution in [0.4, 0.5) is 0 Å². The highest BCUT2D eigenvalue weighted by atomic mass is 15.2. The van der Waals surface area contributed by atoms with E-state index in [0.717, 1.165) is 6.54 Å². The van der Waals surface area contributed by atoms with Crippen molar-refractivity contribution in [1.82, 2.24) is 4.90 Å². The van der Waals surface area contributed by atoms with Crippen molar-refractivity contribution in [2.24, 2.45) is 0 Å². The number of benzene rings is 3. The Morgan fingerprint density at radius 1 is 0.654 bits per heavy atom. The van der Waals surface area contributed by atoms with Gasteiger partial charge in [0.05, 0.1) is 5.54 Å². The summed E-state index contributed by atoms with van der Waals surface area (Å²) in [4.78, 5) is 2.73. The van der Waals surface area contributed by atoms with Crippen molar-refractivity contribution in [3.05, 3.63) is 108 Å². The standard InChI is InChI=1S/C25H27N/c1-21-13-11-12-20-26(21)25(22-14-5-2-6-15-22,23-16-7-3-8-17-23)24-18-9-4-10-19-24/h2-10,14-19,21H,11-13,20H2,1H3. The third kappa shape index (κ3) is 2.87. The highest BCUT2D eigenvalue weighted by molar-refractivity contribution is 5.49. The molecule has 0 aromatic heterocycles. The summed E-state index contributed by atoms with van der Waals surface area (Å²) < 4.78 is 0. The first kappa shape index (κ1) is 17.1. The molecule has 26 heavy (non-hydrogen) atoms. The molecular formula is C25H27N. The highest BCUT2D eigenvalue weighted by Gasteiger charge is 2.44. The van der Waals surface area contributed by atoms with Crippen LogP contribution in [0.2, 0.25) is 0 Å². The Morgan fingerprint density at radius 3 is 1.46 bits per heavy atom. The van der Waals surface area contributed by atoms with Crippen molar-refractivity contribution in [2.75, 3.05) is 6.54 Å². The summed E-state index contributed by atoms with van der Waals surface area (Å²) >= 11 is 0. The van der Waals surface area contributed by atoms with Gasteiger partial charge in [-0.15, -0.1) is 0 Å². The molecule has 1 fully saturated rings. The zero-order valence-electron chi connectivity index (χ0n) is 15.5. The van der Waals surface area contributed by atoms with Crippen LogP contribution < -0.4 is 0 Å². The molecule has 1 aliphatic heterocycles. The van der Waals surface area contributed by atoms with Gasteiger partial charge in [0.2, 0.25) is 0 Å². The van der Waals surface area contributed by atoms with Gasteiger partial charge in [0.1, 0.15) is 0 Å². The van der Waals surface area contributed by atoms with E-state index in [4.69, 9.17) is 0 Å². The van der Waals surface area contributed by atoms with Crippen molar-refractivity contribution in [2.45, 2.75) is 37.8 Å². The van der Waals surface area contributed by atoms with E-state index in [1.165, 1.54) is 36.0 Å². The zero-order chi connectivity index (χ0) is 17.8. The Hall–Kier alpha value is -2.38. The van der Waals surface area contributed by atoms with Crippen LogP contribution in [0.15, 0.2) is 91.0 Å². The largest absolute Gasteiger partial charge is 0.283 e. The molecule has 1 aliphatic rings. The van der Waals surface area contributed by atoms with Gasteiger partial charge in [0, 0.05) is 6.04 Å². The van der Waals surface area contributed by atoms with E-state index in [9.17, 15) is 0 Å². The molecule has 0 amide bonds. The van der Waals surface area contributed by atoms with E-state index in [1.807, 2.05) is 0 Å². The summed E-state index contributed by atoms with van der Waals surface area (Å²) in [5.41, 5.74) is 3.81. The molecule has 1 heterocycles. The summed E-state index contributed by atoms with van der Waals surface area (Å²) in [6, 6.07) is 33.7. The quantitative estimate of drug-likeness (QED) is 0.538. The molecule has 3 aromatic carbocycles. The molecule has 0 aliphatic carbocycles. The first-order valence-corrected chi connectivity index (χ1v) is 9.77. The summed E-state index contributed by atoms with van der Waals surface area (Å²) in [6.45, 7) is 3.52. The van der Waals surface area contributed by atoms with Gasteiger partial charge in [-0.3, -0.25) is 4.90 Å². The SMILES string of the molecule is CC1CCCCN1C(c1ccccc1)(c1ccccc1)c1ccccc1. The Labute approximate surface area is 157 Å². The maximum atomic E-state index is 2.73. The Bertz CT molecular complexity index is 714. The van der Waals surface area contributed by atoms with Gasteiger partial charge in [-0.2, -0.15) is 0 Å². The predicted molar refractivity (Wildman–Crippen MR) is 109 cm³/mol. The molecule has 0 bridgehead atoms. The monoisotopic (exact) mass is 341 g/mol. The molecule has 1 unspecified atom stereocenters. The molecule has 0 saturated carbocycles. The second-order valence-electron chi connectivity index (χ2n) is 7.35. The fraction of sp³-hybridized carbons (Fsp3) is 0.280. The van der Waals surface area contributed by atoms with Crippen molar-refractivity contribution >= 4 is 0 Å². The number of hydrogen-bond acceptors (Lipinski definition) is 1. The fourth-order valence-electron chi connectivity index (χ4n) is 4.63. The number of likely N-dealkylation sites (tertiary alicyclic amines) is 1. The fourth-order valence-corrected chi connectivity index (χ4v) is 4.63. The molecule has 1 nitrogen and oxygen atoms in total. The van der Waals surface area contributed by atoms with E-state index in [2.05, 4.69) is 103 Å². The van der Waals surface area contributed by atoms with E-state index in [1.54, 1.807) is 0 Å². The lowest BCUT2D eigenvalue weighted by molar-refractivity contribution is 0.0745. The molecule has 132 valence electrons. The van der Waals surface area contributed by atoms with Crippen LogP contribution in [0.3, 0.4) is 0 Å². The van der Waals surface area contributed by atoms with Gasteiger partial charge < -0.3 is 0 Å². The molecule has 1 atom stereocenters. The number of rotatable bonds is 4. The van der Waals surface area contributed by atoms with Gasteiger partial charge in [0.25, 0.3) is 0 Å². The smallest absolute Gasteiger partial charge is 0.0975 e. The molecule has 1 heteroatoms. The molecule has 0 radical (unpaired) electrons. The van der Waals surface area contributed by atoms with Gasteiger partial charge in [-0.05, 0) is 43.0 Å². The van der Waals surface area contributed by atoms with Crippen LogP contribution in [0, 0.1) is 0 Å². The number of nitrogens with zero attached hydrogens (tertiary/aromatic N) is 1. The second-order valence-corrected chi connectivity index (χ2v) is 7.35. The second kappa shape index (κ2) is 7.47. The first-order chi connectivity index (χ1) is 12.8. The molecular weight excluding hydrogens is 314 g/mol. The summed E-state index contributed by atoms with van der Waals surface area (Å²) in [5.74, 6) is 0. The maximum Gasteiger partial charge on any atom is 0.0975 e. The van der Waals surface area contributed by atoms with Gasteiger partial charge in [-0.1, -0.05) is 97.4 Å². The van der Waals surface area contributed by atoms with Crippen LogP contribution in [-0.2, 0) is 5.54 Å². The average molecular weight is 341 g/mol. The lowest BCUT2D eigenvalue weighted by atomic mass is 9.74. The third-order valence-corrected chi connectivity index (χ3v) is 5.81. The minimum Gasteiger partial charge on any atom is -0.283 e. The average Bonchev–Trinajstić information content (AvgIpc) is 2.72. The van der Waals surface area contributed by atoms with Crippen molar-refractivity contribution in [3.8, 4) is 0 Å². The molecule has 1 saturated heterocycles. The van der Waals surface area contributed by atoms with Crippen LogP contribution in [-0.4, -0.2) is 17.5 Å². The van der Waals surface area contributed by atoms with Crippen LogP contribution >= 0.6 is 0 Å². The van der Waals surface area contributed by atoms with Crippen LogP contribution in [0.25, 0.3) is 0 Å². The first-order valence-electron chi connectivity index (χ1n) is 9.77.